The average Bonchev–Trinajstić information content (AvgIpc) is 3.10. The fourth-order valence-corrected chi connectivity index (χ4v) is 4.43. The standard InChI is InChI=1S/C19H30N6O3/c1-13-11-24(19(26)27)8-9-25(13)17-15-5-6-20-10-16(15)21-18(22-17)28-12-14-4-3-7-23(14)2/h13-14,20H,3-12H2,1-2H3,(H,26,27). The third-order valence-corrected chi connectivity index (χ3v) is 6.14. The summed E-state index contributed by atoms with van der Waals surface area (Å²) in [4.78, 5) is 26.8. The van der Waals surface area contributed by atoms with E-state index in [9.17, 15) is 9.90 Å². The van der Waals surface area contributed by atoms with Crippen LogP contribution in [0.3, 0.4) is 0 Å². The molecule has 2 N–H and O–H groups in total. The van der Waals surface area contributed by atoms with Gasteiger partial charge in [0, 0.05) is 43.8 Å². The first-order chi connectivity index (χ1) is 13.5. The van der Waals surface area contributed by atoms with Gasteiger partial charge < -0.3 is 29.9 Å². The molecule has 2 fully saturated rings. The normalized spacial score (nSPS) is 25.6. The van der Waals surface area contributed by atoms with E-state index < -0.39 is 6.09 Å². The zero-order valence-electron chi connectivity index (χ0n) is 16.7. The molecule has 4 heterocycles. The zero-order valence-corrected chi connectivity index (χ0v) is 16.7. The second kappa shape index (κ2) is 8.08. The summed E-state index contributed by atoms with van der Waals surface area (Å²) in [5, 5.41) is 12.7. The van der Waals surface area contributed by atoms with Crippen molar-refractivity contribution >= 4 is 11.9 Å². The SMILES string of the molecule is CC1CN(C(=O)O)CCN1c1nc(OCC2CCCN2C)nc2c1CCNC2. The van der Waals surface area contributed by atoms with Crippen LogP contribution in [0.15, 0.2) is 0 Å². The Balaban J connectivity index is 1.56. The first-order valence-electron chi connectivity index (χ1n) is 10.2. The number of carbonyl (C=O) groups is 1. The van der Waals surface area contributed by atoms with Gasteiger partial charge in [-0.05, 0) is 46.3 Å². The van der Waals surface area contributed by atoms with Crippen LogP contribution in [0.25, 0.3) is 0 Å². The molecule has 3 aliphatic rings. The Kier molecular flexibility index (Phi) is 5.54. The molecule has 0 aromatic carbocycles. The molecular weight excluding hydrogens is 360 g/mol. The minimum atomic E-state index is -0.856. The third-order valence-electron chi connectivity index (χ3n) is 6.14. The van der Waals surface area contributed by atoms with Crippen molar-refractivity contribution in [3.05, 3.63) is 11.3 Å². The first kappa shape index (κ1) is 19.2. The molecule has 0 radical (unpaired) electrons. The Hall–Kier alpha value is -2.13. The van der Waals surface area contributed by atoms with Crippen LogP contribution in [-0.4, -0.2) is 89.4 Å². The summed E-state index contributed by atoms with van der Waals surface area (Å²) in [6.07, 6.45) is 2.37. The molecule has 0 aliphatic carbocycles. The molecule has 1 amide bonds. The van der Waals surface area contributed by atoms with Gasteiger partial charge in [-0.15, -0.1) is 0 Å². The molecule has 0 spiro atoms. The summed E-state index contributed by atoms with van der Waals surface area (Å²) >= 11 is 0. The lowest BCUT2D eigenvalue weighted by Crippen LogP contribution is -2.54. The van der Waals surface area contributed by atoms with Crippen LogP contribution in [-0.2, 0) is 13.0 Å². The van der Waals surface area contributed by atoms with Crippen molar-refractivity contribution in [2.24, 2.45) is 0 Å². The van der Waals surface area contributed by atoms with E-state index in [1.54, 1.807) is 0 Å². The van der Waals surface area contributed by atoms with Crippen LogP contribution in [0.1, 0.15) is 31.0 Å². The van der Waals surface area contributed by atoms with Crippen LogP contribution in [0.2, 0.25) is 0 Å². The largest absolute Gasteiger partial charge is 0.465 e. The smallest absolute Gasteiger partial charge is 0.407 e. The fourth-order valence-electron chi connectivity index (χ4n) is 4.43. The Morgan fingerprint density at radius 2 is 2.18 bits per heavy atom. The van der Waals surface area contributed by atoms with E-state index in [1.807, 2.05) is 0 Å². The maximum atomic E-state index is 11.3. The Labute approximate surface area is 165 Å². The molecular formula is C19H30N6O3. The van der Waals surface area contributed by atoms with E-state index >= 15 is 0 Å². The molecule has 2 atom stereocenters. The molecule has 9 heteroatoms. The average molecular weight is 390 g/mol. The van der Waals surface area contributed by atoms with E-state index in [0.717, 1.165) is 37.4 Å². The molecule has 4 rings (SSSR count). The predicted octanol–water partition coefficient (Wildman–Crippen LogP) is 0.784. The van der Waals surface area contributed by atoms with Crippen LogP contribution >= 0.6 is 0 Å². The number of likely N-dealkylation sites (tertiary alicyclic amines) is 1. The van der Waals surface area contributed by atoms with Gasteiger partial charge in [-0.25, -0.2) is 4.79 Å². The number of fused-ring (bicyclic) bond motifs is 1. The molecule has 28 heavy (non-hydrogen) atoms. The van der Waals surface area contributed by atoms with E-state index in [0.29, 0.717) is 44.8 Å². The van der Waals surface area contributed by atoms with Crippen molar-refractivity contribution in [1.82, 2.24) is 25.1 Å². The van der Waals surface area contributed by atoms with Crippen LogP contribution in [0.5, 0.6) is 6.01 Å². The molecule has 1 aromatic heterocycles. The highest BCUT2D eigenvalue weighted by atomic mass is 16.5. The van der Waals surface area contributed by atoms with Gasteiger partial charge in [0.05, 0.1) is 5.69 Å². The predicted molar refractivity (Wildman–Crippen MR) is 105 cm³/mol. The molecule has 2 saturated heterocycles. The highest BCUT2D eigenvalue weighted by Gasteiger charge is 2.31. The summed E-state index contributed by atoms with van der Waals surface area (Å²) in [7, 11) is 2.13. The lowest BCUT2D eigenvalue weighted by Gasteiger charge is -2.40. The Morgan fingerprint density at radius 1 is 1.32 bits per heavy atom. The van der Waals surface area contributed by atoms with Gasteiger partial charge in [0.1, 0.15) is 12.4 Å². The molecule has 0 saturated carbocycles. The number of likely N-dealkylation sites (N-methyl/N-ethyl adjacent to an activating group) is 1. The van der Waals surface area contributed by atoms with E-state index in [2.05, 4.69) is 34.1 Å². The number of piperazine rings is 1. The van der Waals surface area contributed by atoms with E-state index in [-0.39, 0.29) is 6.04 Å². The van der Waals surface area contributed by atoms with Crippen LogP contribution in [0.4, 0.5) is 10.6 Å². The van der Waals surface area contributed by atoms with E-state index in [4.69, 9.17) is 9.72 Å². The number of aromatic nitrogens is 2. The molecule has 2 unspecified atom stereocenters. The fraction of sp³-hybridized carbons (Fsp3) is 0.737. The number of anilines is 1. The van der Waals surface area contributed by atoms with Crippen molar-refractivity contribution in [2.75, 3.05) is 51.3 Å². The molecule has 0 bridgehead atoms. The Morgan fingerprint density at radius 3 is 2.89 bits per heavy atom. The van der Waals surface area contributed by atoms with Gasteiger partial charge in [-0.1, -0.05) is 0 Å². The van der Waals surface area contributed by atoms with Crippen molar-refractivity contribution in [3.8, 4) is 6.01 Å². The summed E-state index contributed by atoms with van der Waals surface area (Å²) in [5.41, 5.74) is 2.17. The highest BCUT2D eigenvalue weighted by molar-refractivity contribution is 5.66. The molecule has 1 aromatic rings. The highest BCUT2D eigenvalue weighted by Crippen LogP contribution is 2.29. The number of nitrogens with one attached hydrogen (secondary N) is 1. The zero-order chi connectivity index (χ0) is 19.7. The number of hydrogen-bond acceptors (Lipinski definition) is 7. The van der Waals surface area contributed by atoms with Gasteiger partial charge >= 0.3 is 12.1 Å². The third kappa shape index (κ3) is 3.86. The number of hydrogen-bond donors (Lipinski definition) is 2. The quantitative estimate of drug-likeness (QED) is 0.779. The van der Waals surface area contributed by atoms with Crippen molar-refractivity contribution in [1.29, 1.82) is 0 Å². The van der Waals surface area contributed by atoms with Gasteiger partial charge in [0.2, 0.25) is 0 Å². The minimum absolute atomic E-state index is 0.0625. The van der Waals surface area contributed by atoms with Gasteiger partial charge in [-0.3, -0.25) is 0 Å². The van der Waals surface area contributed by atoms with Crippen LogP contribution < -0.4 is 15.0 Å². The first-order valence-corrected chi connectivity index (χ1v) is 10.2. The van der Waals surface area contributed by atoms with Gasteiger partial charge in [0.15, 0.2) is 0 Å². The van der Waals surface area contributed by atoms with Crippen molar-refractivity contribution in [3.63, 3.8) is 0 Å². The molecule has 9 nitrogen and oxygen atoms in total. The second-order valence-electron chi connectivity index (χ2n) is 8.04. The van der Waals surface area contributed by atoms with Crippen molar-refractivity contribution in [2.45, 2.75) is 44.8 Å². The summed E-state index contributed by atoms with van der Waals surface area (Å²) in [5.74, 6) is 0.916. The maximum absolute atomic E-state index is 11.3. The number of rotatable bonds is 4. The van der Waals surface area contributed by atoms with Gasteiger partial charge in [0.25, 0.3) is 0 Å². The second-order valence-corrected chi connectivity index (χ2v) is 8.04. The summed E-state index contributed by atoms with van der Waals surface area (Å²) < 4.78 is 6.03. The number of ether oxygens (including phenoxy) is 1. The summed E-state index contributed by atoms with van der Waals surface area (Å²) in [6.45, 7) is 6.99. The van der Waals surface area contributed by atoms with E-state index in [1.165, 1.54) is 16.9 Å². The number of carboxylic acid groups (broad SMARTS) is 1. The van der Waals surface area contributed by atoms with Crippen molar-refractivity contribution < 1.29 is 14.6 Å². The topological polar surface area (TPSA) is 94.1 Å². The lowest BCUT2D eigenvalue weighted by atomic mass is 10.0. The van der Waals surface area contributed by atoms with Crippen LogP contribution in [0, 0.1) is 0 Å². The molecule has 3 aliphatic heterocycles. The minimum Gasteiger partial charge on any atom is -0.465 e. The molecule has 154 valence electrons. The Bertz CT molecular complexity index is 730. The maximum Gasteiger partial charge on any atom is 0.407 e. The number of amides is 1. The lowest BCUT2D eigenvalue weighted by molar-refractivity contribution is 0.136. The monoisotopic (exact) mass is 390 g/mol. The number of nitrogens with zero attached hydrogens (tertiary/aromatic N) is 5. The van der Waals surface area contributed by atoms with Gasteiger partial charge in [-0.2, -0.15) is 9.97 Å². The summed E-state index contributed by atoms with van der Waals surface area (Å²) in [6, 6.07) is 0.914.